The molecule has 3 aromatic carbocycles. The first-order valence-electron chi connectivity index (χ1n) is 8.82. The van der Waals surface area contributed by atoms with Crippen LogP contribution in [0, 0.1) is 0 Å². The smallest absolute Gasteiger partial charge is 0.0350 e. The lowest BCUT2D eigenvalue weighted by molar-refractivity contribution is 1.21. The summed E-state index contributed by atoms with van der Waals surface area (Å²) in [7, 11) is 0. The SMILES string of the molecule is N/C=C\C=C/Cc1ccc(C/C=C(\N)c2ccc3ccccc3c2)cc1. The lowest BCUT2D eigenvalue weighted by atomic mass is 10.0. The molecule has 0 bridgehead atoms. The van der Waals surface area contributed by atoms with Crippen LogP contribution in [0.25, 0.3) is 16.5 Å². The van der Waals surface area contributed by atoms with Crippen molar-refractivity contribution < 1.29 is 0 Å². The summed E-state index contributed by atoms with van der Waals surface area (Å²) in [5.41, 5.74) is 16.0. The minimum absolute atomic E-state index is 0.816. The maximum atomic E-state index is 6.29. The topological polar surface area (TPSA) is 52.0 Å². The third-order valence-electron chi connectivity index (χ3n) is 4.38. The normalized spacial score (nSPS) is 12.4. The molecule has 0 aliphatic rings. The molecule has 2 nitrogen and oxygen atoms in total. The highest BCUT2D eigenvalue weighted by Gasteiger charge is 2.00. The molecule has 0 spiro atoms. The Balaban J connectivity index is 1.66. The van der Waals surface area contributed by atoms with Gasteiger partial charge in [0.15, 0.2) is 0 Å². The molecule has 0 saturated carbocycles. The second-order valence-corrected chi connectivity index (χ2v) is 6.26. The van der Waals surface area contributed by atoms with E-state index >= 15 is 0 Å². The summed E-state index contributed by atoms with van der Waals surface area (Å²) >= 11 is 0. The maximum absolute atomic E-state index is 6.29. The van der Waals surface area contributed by atoms with Crippen LogP contribution in [0.5, 0.6) is 0 Å². The van der Waals surface area contributed by atoms with Crippen LogP contribution < -0.4 is 11.5 Å². The number of nitrogens with two attached hydrogens (primary N) is 2. The van der Waals surface area contributed by atoms with Crippen molar-refractivity contribution in [3.8, 4) is 0 Å². The third kappa shape index (κ3) is 4.64. The zero-order valence-corrected chi connectivity index (χ0v) is 14.8. The summed E-state index contributed by atoms with van der Waals surface area (Å²) in [6.07, 6.45) is 11.2. The Labute approximate surface area is 155 Å². The van der Waals surface area contributed by atoms with Gasteiger partial charge in [-0.1, -0.05) is 78.9 Å². The van der Waals surface area contributed by atoms with Crippen molar-refractivity contribution in [1.82, 2.24) is 0 Å². The maximum Gasteiger partial charge on any atom is 0.0350 e. The van der Waals surface area contributed by atoms with Crippen LogP contribution in [-0.2, 0) is 12.8 Å². The Bertz CT molecular complexity index is 947. The second-order valence-electron chi connectivity index (χ2n) is 6.26. The van der Waals surface area contributed by atoms with Gasteiger partial charge in [-0.15, -0.1) is 0 Å². The highest BCUT2D eigenvalue weighted by Crippen LogP contribution is 2.19. The fourth-order valence-electron chi connectivity index (χ4n) is 2.87. The first kappa shape index (κ1) is 17.6. The Morgan fingerprint density at radius 1 is 0.769 bits per heavy atom. The van der Waals surface area contributed by atoms with E-state index in [1.165, 1.54) is 28.1 Å². The van der Waals surface area contributed by atoms with Gasteiger partial charge in [0.2, 0.25) is 0 Å². The lowest BCUT2D eigenvalue weighted by Gasteiger charge is -2.05. The predicted molar refractivity (Wildman–Crippen MR) is 112 cm³/mol. The first-order chi connectivity index (χ1) is 12.8. The van der Waals surface area contributed by atoms with Crippen molar-refractivity contribution in [3.05, 3.63) is 114 Å². The molecule has 0 aliphatic carbocycles. The van der Waals surface area contributed by atoms with Gasteiger partial charge in [0, 0.05) is 5.70 Å². The van der Waals surface area contributed by atoms with Crippen LogP contribution in [0.1, 0.15) is 16.7 Å². The van der Waals surface area contributed by atoms with E-state index in [0.29, 0.717) is 0 Å². The number of allylic oxidation sites excluding steroid dienone is 4. The van der Waals surface area contributed by atoms with Crippen LogP contribution in [0.3, 0.4) is 0 Å². The molecule has 0 radical (unpaired) electrons. The minimum Gasteiger partial charge on any atom is -0.405 e. The summed E-state index contributed by atoms with van der Waals surface area (Å²) in [5, 5.41) is 2.44. The Morgan fingerprint density at radius 3 is 2.19 bits per heavy atom. The standard InChI is InChI=1S/C24H24N2/c25-17-5-1-2-6-19-9-11-20(12-10-19)13-16-24(26)23-15-14-21-7-3-4-8-22(21)18-23/h1-5,7-12,14-18H,6,13,25-26H2/b2-1-,17-5-,24-16-. The van der Waals surface area contributed by atoms with E-state index in [-0.39, 0.29) is 0 Å². The molecule has 0 saturated heterocycles. The molecule has 3 rings (SSSR count). The summed E-state index contributed by atoms with van der Waals surface area (Å²) in [5.74, 6) is 0. The van der Waals surface area contributed by atoms with Gasteiger partial charge in [0.1, 0.15) is 0 Å². The van der Waals surface area contributed by atoms with E-state index in [9.17, 15) is 0 Å². The summed E-state index contributed by atoms with van der Waals surface area (Å²) in [4.78, 5) is 0. The Kier molecular flexibility index (Phi) is 5.89. The molecule has 130 valence electrons. The van der Waals surface area contributed by atoms with E-state index in [4.69, 9.17) is 11.5 Å². The van der Waals surface area contributed by atoms with Gasteiger partial charge in [-0.05, 0) is 58.6 Å². The van der Waals surface area contributed by atoms with E-state index < -0.39 is 0 Å². The Morgan fingerprint density at radius 2 is 1.46 bits per heavy atom. The van der Waals surface area contributed by atoms with E-state index in [1.54, 1.807) is 0 Å². The molecule has 0 heterocycles. The molecule has 0 unspecified atom stereocenters. The van der Waals surface area contributed by atoms with Gasteiger partial charge in [0.25, 0.3) is 0 Å². The van der Waals surface area contributed by atoms with Crippen molar-refractivity contribution in [2.24, 2.45) is 11.5 Å². The molecular formula is C24H24N2. The van der Waals surface area contributed by atoms with Gasteiger partial charge in [0.05, 0.1) is 0 Å². The largest absolute Gasteiger partial charge is 0.405 e. The average molecular weight is 340 g/mol. The van der Waals surface area contributed by atoms with E-state index in [1.807, 2.05) is 12.2 Å². The van der Waals surface area contributed by atoms with Gasteiger partial charge >= 0.3 is 0 Å². The molecule has 3 aromatic rings. The first-order valence-corrected chi connectivity index (χ1v) is 8.82. The van der Waals surface area contributed by atoms with Crippen molar-refractivity contribution in [1.29, 1.82) is 0 Å². The highest BCUT2D eigenvalue weighted by molar-refractivity contribution is 5.85. The second kappa shape index (κ2) is 8.72. The van der Waals surface area contributed by atoms with Crippen LogP contribution in [0.15, 0.2) is 97.2 Å². The summed E-state index contributed by atoms with van der Waals surface area (Å²) < 4.78 is 0. The average Bonchev–Trinajstić information content (AvgIpc) is 2.70. The molecule has 2 heteroatoms. The van der Waals surface area contributed by atoms with E-state index in [2.05, 4.69) is 78.9 Å². The van der Waals surface area contributed by atoms with Gasteiger partial charge in [-0.3, -0.25) is 0 Å². The minimum atomic E-state index is 0.816. The van der Waals surface area contributed by atoms with Crippen LogP contribution in [0.4, 0.5) is 0 Å². The molecular weight excluding hydrogens is 316 g/mol. The number of hydrogen-bond acceptors (Lipinski definition) is 2. The highest BCUT2D eigenvalue weighted by atomic mass is 14.6. The molecule has 0 aliphatic heterocycles. The van der Waals surface area contributed by atoms with Crippen molar-refractivity contribution in [2.45, 2.75) is 12.8 Å². The lowest BCUT2D eigenvalue weighted by Crippen LogP contribution is -1.97. The van der Waals surface area contributed by atoms with E-state index in [0.717, 1.165) is 24.1 Å². The fraction of sp³-hybridized carbons (Fsp3) is 0.0833. The fourth-order valence-corrected chi connectivity index (χ4v) is 2.87. The molecule has 0 aromatic heterocycles. The van der Waals surface area contributed by atoms with Gasteiger partial charge < -0.3 is 11.5 Å². The van der Waals surface area contributed by atoms with Crippen molar-refractivity contribution in [2.75, 3.05) is 0 Å². The van der Waals surface area contributed by atoms with Crippen LogP contribution in [0.2, 0.25) is 0 Å². The monoisotopic (exact) mass is 340 g/mol. The van der Waals surface area contributed by atoms with Gasteiger partial charge in [-0.2, -0.15) is 0 Å². The molecule has 4 N–H and O–H groups in total. The summed E-state index contributed by atoms with van der Waals surface area (Å²) in [6.45, 7) is 0. The summed E-state index contributed by atoms with van der Waals surface area (Å²) in [6, 6.07) is 23.3. The van der Waals surface area contributed by atoms with Crippen molar-refractivity contribution in [3.63, 3.8) is 0 Å². The number of fused-ring (bicyclic) bond motifs is 1. The molecule has 0 atom stereocenters. The predicted octanol–water partition coefficient (Wildman–Crippen LogP) is 4.95. The Hall–Kier alpha value is -3.26. The quantitative estimate of drug-likeness (QED) is 0.624. The van der Waals surface area contributed by atoms with Crippen LogP contribution >= 0.6 is 0 Å². The number of hydrogen-bond donors (Lipinski definition) is 2. The van der Waals surface area contributed by atoms with Gasteiger partial charge in [-0.25, -0.2) is 0 Å². The van der Waals surface area contributed by atoms with Crippen LogP contribution in [-0.4, -0.2) is 0 Å². The molecule has 26 heavy (non-hydrogen) atoms. The number of rotatable bonds is 6. The molecule has 0 fully saturated rings. The van der Waals surface area contributed by atoms with Crippen molar-refractivity contribution >= 4 is 16.5 Å². The zero-order valence-electron chi connectivity index (χ0n) is 14.8. The molecule has 0 amide bonds. The number of benzene rings is 3. The zero-order chi connectivity index (χ0) is 18.2. The third-order valence-corrected chi connectivity index (χ3v) is 4.38.